The van der Waals surface area contributed by atoms with E-state index in [0.29, 0.717) is 27.9 Å². The first-order chi connectivity index (χ1) is 9.51. The summed E-state index contributed by atoms with van der Waals surface area (Å²) in [4.78, 5) is 38.1. The first kappa shape index (κ1) is 13.8. The van der Waals surface area contributed by atoms with Crippen LogP contribution in [0.25, 0.3) is 10.9 Å². The lowest BCUT2D eigenvalue weighted by Gasteiger charge is -2.07. The normalized spacial score (nSPS) is 16.6. The molecule has 6 nitrogen and oxygen atoms in total. The maximum atomic E-state index is 11.9. The van der Waals surface area contributed by atoms with Gasteiger partial charge in [-0.15, -0.1) is 0 Å². The van der Waals surface area contributed by atoms with Crippen molar-refractivity contribution in [2.45, 2.75) is 0 Å². The molecule has 1 aromatic rings. The van der Waals surface area contributed by atoms with Crippen LogP contribution in [-0.2, 0) is 9.59 Å². The second-order valence-corrected chi connectivity index (χ2v) is 4.86. The Labute approximate surface area is 118 Å². The van der Waals surface area contributed by atoms with Crippen molar-refractivity contribution in [3.63, 3.8) is 0 Å². The number of carbonyl (C=O) groups is 3. The van der Waals surface area contributed by atoms with E-state index in [1.807, 2.05) is 0 Å². The number of carboxylic acids is 1. The molecule has 1 aliphatic rings. The van der Waals surface area contributed by atoms with Crippen LogP contribution in [0.5, 0.6) is 0 Å². The SMILES string of the molecule is [C-]#[N+]c1ccc(/C=C2\SC(=O)N(CC(=O)O)C2=O)cc1. The van der Waals surface area contributed by atoms with Crippen molar-refractivity contribution in [1.29, 1.82) is 0 Å². The fourth-order valence-corrected chi connectivity index (χ4v) is 2.41. The third-order valence-electron chi connectivity index (χ3n) is 2.49. The highest BCUT2D eigenvalue weighted by Gasteiger charge is 2.36. The second-order valence-electron chi connectivity index (χ2n) is 3.86. The highest BCUT2D eigenvalue weighted by Crippen LogP contribution is 2.32. The van der Waals surface area contributed by atoms with Gasteiger partial charge in [-0.3, -0.25) is 19.3 Å². The van der Waals surface area contributed by atoms with Gasteiger partial charge in [-0.25, -0.2) is 4.85 Å². The van der Waals surface area contributed by atoms with E-state index in [1.54, 1.807) is 24.3 Å². The zero-order chi connectivity index (χ0) is 14.7. The quantitative estimate of drug-likeness (QED) is 0.682. The Morgan fingerprint density at radius 3 is 2.55 bits per heavy atom. The maximum absolute atomic E-state index is 11.9. The average Bonchev–Trinajstić information content (AvgIpc) is 2.67. The monoisotopic (exact) mass is 288 g/mol. The van der Waals surface area contributed by atoms with Crippen molar-refractivity contribution >= 4 is 40.6 Å². The summed E-state index contributed by atoms with van der Waals surface area (Å²) in [6.07, 6.45) is 1.50. The number of benzene rings is 1. The van der Waals surface area contributed by atoms with Gasteiger partial charge in [0.25, 0.3) is 11.1 Å². The van der Waals surface area contributed by atoms with E-state index in [0.717, 1.165) is 0 Å². The zero-order valence-corrected chi connectivity index (χ0v) is 10.9. The Hall–Kier alpha value is -2.59. The Bertz CT molecular complexity index is 658. The van der Waals surface area contributed by atoms with Crippen molar-refractivity contribution in [2.24, 2.45) is 0 Å². The number of amides is 2. The minimum absolute atomic E-state index is 0.173. The lowest BCUT2D eigenvalue weighted by atomic mass is 10.2. The third-order valence-corrected chi connectivity index (χ3v) is 3.39. The molecule has 7 heteroatoms. The van der Waals surface area contributed by atoms with Crippen LogP contribution in [0.3, 0.4) is 0 Å². The number of hydrogen-bond acceptors (Lipinski definition) is 4. The number of carbonyl (C=O) groups excluding carboxylic acids is 2. The van der Waals surface area contributed by atoms with Crippen LogP contribution in [0, 0.1) is 6.57 Å². The van der Waals surface area contributed by atoms with Gasteiger partial charge in [-0.05, 0) is 23.4 Å². The molecule has 0 atom stereocenters. The van der Waals surface area contributed by atoms with Crippen LogP contribution in [0.2, 0.25) is 0 Å². The average molecular weight is 288 g/mol. The largest absolute Gasteiger partial charge is 0.480 e. The molecule has 0 spiro atoms. The Kier molecular flexibility index (Phi) is 3.86. The van der Waals surface area contributed by atoms with Gasteiger partial charge in [0.15, 0.2) is 5.69 Å². The summed E-state index contributed by atoms with van der Waals surface area (Å²) in [6.45, 7) is 6.19. The fraction of sp³-hybridized carbons (Fsp3) is 0.0769. The fourth-order valence-electron chi connectivity index (χ4n) is 1.57. The summed E-state index contributed by atoms with van der Waals surface area (Å²) in [7, 11) is 0. The highest BCUT2D eigenvalue weighted by atomic mass is 32.2. The number of imide groups is 1. The van der Waals surface area contributed by atoms with Gasteiger partial charge in [0.1, 0.15) is 6.54 Å². The van der Waals surface area contributed by atoms with Gasteiger partial charge in [0, 0.05) is 0 Å². The molecule has 1 N–H and O–H groups in total. The molecule has 1 aromatic carbocycles. The Morgan fingerprint density at radius 1 is 1.35 bits per heavy atom. The van der Waals surface area contributed by atoms with Crippen LogP contribution in [0.15, 0.2) is 29.2 Å². The van der Waals surface area contributed by atoms with Crippen LogP contribution in [0.1, 0.15) is 5.56 Å². The molecule has 1 aliphatic heterocycles. The molecule has 0 bridgehead atoms. The van der Waals surface area contributed by atoms with Crippen molar-refractivity contribution in [1.82, 2.24) is 4.90 Å². The summed E-state index contributed by atoms with van der Waals surface area (Å²) in [5.74, 6) is -1.85. The van der Waals surface area contributed by atoms with Gasteiger partial charge >= 0.3 is 5.97 Å². The van der Waals surface area contributed by atoms with Gasteiger partial charge in [0.05, 0.1) is 11.5 Å². The summed E-state index contributed by atoms with van der Waals surface area (Å²) >= 11 is 0.703. The van der Waals surface area contributed by atoms with Crippen LogP contribution >= 0.6 is 11.8 Å². The smallest absolute Gasteiger partial charge is 0.323 e. The summed E-state index contributed by atoms with van der Waals surface area (Å²) in [5.41, 5.74) is 1.14. The molecule has 2 rings (SSSR count). The third kappa shape index (κ3) is 2.87. The zero-order valence-electron chi connectivity index (χ0n) is 10.1. The number of thioether (sulfide) groups is 1. The van der Waals surface area contributed by atoms with Gasteiger partial charge in [-0.1, -0.05) is 24.3 Å². The molecule has 100 valence electrons. The number of carboxylic acid groups (broad SMARTS) is 1. The molecule has 20 heavy (non-hydrogen) atoms. The molecule has 0 radical (unpaired) electrons. The summed E-state index contributed by atoms with van der Waals surface area (Å²) < 4.78 is 0. The Morgan fingerprint density at radius 2 is 2.00 bits per heavy atom. The molecule has 2 amide bonds. The van der Waals surface area contributed by atoms with Crippen molar-refractivity contribution in [2.75, 3.05) is 6.54 Å². The molecule has 1 heterocycles. The molecule has 1 fully saturated rings. The lowest BCUT2D eigenvalue weighted by molar-refractivity contribution is -0.140. The van der Waals surface area contributed by atoms with Crippen LogP contribution < -0.4 is 0 Å². The van der Waals surface area contributed by atoms with E-state index in [4.69, 9.17) is 11.7 Å². The van der Waals surface area contributed by atoms with Gasteiger partial charge in [-0.2, -0.15) is 0 Å². The van der Waals surface area contributed by atoms with E-state index >= 15 is 0 Å². The topological polar surface area (TPSA) is 79.0 Å². The van der Waals surface area contributed by atoms with Crippen LogP contribution in [-0.4, -0.2) is 33.7 Å². The minimum Gasteiger partial charge on any atom is -0.480 e. The number of rotatable bonds is 3. The van der Waals surface area contributed by atoms with E-state index in [-0.39, 0.29) is 4.91 Å². The van der Waals surface area contributed by atoms with E-state index in [1.165, 1.54) is 6.08 Å². The highest BCUT2D eigenvalue weighted by molar-refractivity contribution is 8.18. The predicted molar refractivity (Wildman–Crippen MR) is 73.0 cm³/mol. The molecular formula is C13H8N2O4S. The first-order valence-electron chi connectivity index (χ1n) is 5.46. The van der Waals surface area contributed by atoms with Gasteiger partial charge < -0.3 is 5.11 Å². The van der Waals surface area contributed by atoms with Crippen molar-refractivity contribution < 1.29 is 19.5 Å². The molecule has 0 unspecified atom stereocenters. The Balaban J connectivity index is 2.23. The summed E-state index contributed by atoms with van der Waals surface area (Å²) in [6, 6.07) is 6.50. The van der Waals surface area contributed by atoms with Crippen LogP contribution in [0.4, 0.5) is 10.5 Å². The predicted octanol–water partition coefficient (Wildman–Crippen LogP) is 2.36. The number of aliphatic carboxylic acids is 1. The summed E-state index contributed by atoms with van der Waals surface area (Å²) in [5, 5.41) is 8.04. The molecule has 1 saturated heterocycles. The first-order valence-corrected chi connectivity index (χ1v) is 6.27. The van der Waals surface area contributed by atoms with E-state index < -0.39 is 23.7 Å². The second kappa shape index (κ2) is 5.59. The molecule has 0 aliphatic carbocycles. The van der Waals surface area contributed by atoms with E-state index in [2.05, 4.69) is 4.85 Å². The lowest BCUT2D eigenvalue weighted by Crippen LogP contribution is -2.33. The van der Waals surface area contributed by atoms with Crippen molar-refractivity contribution in [3.05, 3.63) is 46.2 Å². The number of nitrogens with zero attached hydrogens (tertiary/aromatic N) is 2. The van der Waals surface area contributed by atoms with Crippen molar-refractivity contribution in [3.8, 4) is 0 Å². The number of hydrogen-bond donors (Lipinski definition) is 1. The molecular weight excluding hydrogens is 280 g/mol. The van der Waals surface area contributed by atoms with Gasteiger partial charge in [0.2, 0.25) is 0 Å². The molecule has 0 aromatic heterocycles. The molecule has 0 saturated carbocycles. The maximum Gasteiger partial charge on any atom is 0.323 e. The van der Waals surface area contributed by atoms with E-state index in [9.17, 15) is 14.4 Å². The standard InChI is InChI=1S/C13H8N2O4S/c1-14-9-4-2-8(3-5-9)6-10-12(18)15(7-11(16)17)13(19)20-10/h2-6H,7H2,(H,16,17)/b10-6-. The minimum atomic E-state index is -1.24.